The minimum Gasteiger partial charge on any atom is -0.481 e. The van der Waals surface area contributed by atoms with Crippen molar-refractivity contribution in [3.05, 3.63) is 30.3 Å². The number of carbonyl (C=O) groups is 1. The summed E-state index contributed by atoms with van der Waals surface area (Å²) in [7, 11) is -7.32. The maximum atomic E-state index is 12.5. The molecule has 1 fully saturated rings. The molecule has 0 bridgehead atoms. The largest absolute Gasteiger partial charge is 0.481 e. The summed E-state index contributed by atoms with van der Waals surface area (Å²) in [5.74, 6) is -1.99. The average Bonchev–Trinajstić information content (AvgIpc) is 2.37. The highest BCUT2D eigenvalue weighted by Gasteiger charge is 2.39. The van der Waals surface area contributed by atoms with Crippen LogP contribution >= 0.6 is 0 Å². The van der Waals surface area contributed by atoms with Crippen LogP contribution in [-0.4, -0.2) is 56.3 Å². The van der Waals surface area contributed by atoms with Crippen LogP contribution in [0.3, 0.4) is 0 Å². The Labute approximate surface area is 123 Å². The molecule has 1 aliphatic heterocycles. The molecule has 1 N–H and O–H groups in total. The van der Waals surface area contributed by atoms with Crippen LogP contribution in [0.2, 0.25) is 0 Å². The molecular formula is C12H15NO6S2. The van der Waals surface area contributed by atoms with Crippen molar-refractivity contribution in [1.29, 1.82) is 0 Å². The lowest BCUT2D eigenvalue weighted by Crippen LogP contribution is -2.51. The molecule has 2 rings (SSSR count). The summed E-state index contributed by atoms with van der Waals surface area (Å²) in [6.07, 6.45) is -0.536. The van der Waals surface area contributed by atoms with Gasteiger partial charge in [0.05, 0.1) is 22.8 Å². The molecule has 1 atom stereocenters. The van der Waals surface area contributed by atoms with E-state index in [1.54, 1.807) is 18.2 Å². The fraction of sp³-hybridized carbons (Fsp3) is 0.417. The fourth-order valence-electron chi connectivity index (χ4n) is 2.28. The number of rotatable bonds is 4. The summed E-state index contributed by atoms with van der Waals surface area (Å²) in [6.45, 7) is -0.225. The number of hydrogen-bond donors (Lipinski definition) is 1. The van der Waals surface area contributed by atoms with E-state index in [4.69, 9.17) is 5.11 Å². The average molecular weight is 333 g/mol. The van der Waals surface area contributed by atoms with Crippen LogP contribution in [0.25, 0.3) is 0 Å². The Morgan fingerprint density at radius 2 is 1.90 bits per heavy atom. The lowest BCUT2D eigenvalue weighted by atomic mass is 10.2. The monoisotopic (exact) mass is 333 g/mol. The van der Waals surface area contributed by atoms with E-state index in [1.165, 1.54) is 12.1 Å². The summed E-state index contributed by atoms with van der Waals surface area (Å²) >= 11 is 0. The Morgan fingerprint density at radius 3 is 2.48 bits per heavy atom. The van der Waals surface area contributed by atoms with Crippen LogP contribution in [-0.2, 0) is 24.7 Å². The zero-order valence-corrected chi connectivity index (χ0v) is 12.7. The predicted molar refractivity (Wildman–Crippen MR) is 75.0 cm³/mol. The topological polar surface area (TPSA) is 109 Å². The molecule has 1 heterocycles. The zero-order chi connectivity index (χ0) is 15.7. The van der Waals surface area contributed by atoms with Crippen molar-refractivity contribution in [3.8, 4) is 0 Å². The normalized spacial score (nSPS) is 22.8. The molecule has 1 aromatic rings. The summed E-state index contributed by atoms with van der Waals surface area (Å²) in [5.41, 5.74) is 0. The van der Waals surface area contributed by atoms with Gasteiger partial charge in [-0.1, -0.05) is 18.2 Å². The van der Waals surface area contributed by atoms with Crippen LogP contribution in [0.1, 0.15) is 6.42 Å². The van der Waals surface area contributed by atoms with E-state index in [2.05, 4.69) is 0 Å². The molecule has 0 amide bonds. The van der Waals surface area contributed by atoms with Crippen molar-refractivity contribution >= 4 is 25.8 Å². The van der Waals surface area contributed by atoms with Gasteiger partial charge in [0, 0.05) is 12.6 Å². The number of sulfone groups is 1. The molecule has 1 aliphatic rings. The summed E-state index contributed by atoms with van der Waals surface area (Å²) < 4.78 is 49.3. The number of carboxylic acids is 1. The third-order valence-corrected chi connectivity index (χ3v) is 6.90. The Hall–Kier alpha value is -1.45. The van der Waals surface area contributed by atoms with E-state index in [0.717, 1.165) is 4.31 Å². The molecule has 0 saturated carbocycles. The number of hydrogen-bond acceptors (Lipinski definition) is 5. The maximum absolute atomic E-state index is 12.5. The number of aliphatic carboxylic acids is 1. The molecular weight excluding hydrogens is 318 g/mol. The van der Waals surface area contributed by atoms with Gasteiger partial charge >= 0.3 is 5.97 Å². The molecule has 0 aromatic heterocycles. The van der Waals surface area contributed by atoms with Gasteiger partial charge in [-0.3, -0.25) is 4.79 Å². The lowest BCUT2D eigenvalue weighted by molar-refractivity contribution is -0.137. The number of carboxylic acid groups (broad SMARTS) is 1. The smallest absolute Gasteiger partial charge is 0.305 e. The molecule has 0 radical (unpaired) electrons. The molecule has 1 saturated heterocycles. The van der Waals surface area contributed by atoms with Gasteiger partial charge < -0.3 is 5.11 Å². The highest BCUT2D eigenvalue weighted by atomic mass is 32.2. The van der Waals surface area contributed by atoms with E-state index in [0.29, 0.717) is 0 Å². The van der Waals surface area contributed by atoms with Crippen LogP contribution in [0.5, 0.6) is 0 Å². The molecule has 0 spiro atoms. The third-order valence-electron chi connectivity index (χ3n) is 3.24. The van der Waals surface area contributed by atoms with E-state index >= 15 is 0 Å². The number of nitrogens with zero attached hydrogens (tertiary/aromatic N) is 1. The molecule has 0 aliphatic carbocycles. The SMILES string of the molecule is O=C(O)CC1CS(=O)(=O)CCN1S(=O)(=O)c1ccccc1. The molecule has 116 valence electrons. The van der Waals surface area contributed by atoms with Gasteiger partial charge in [-0.15, -0.1) is 0 Å². The second kappa shape index (κ2) is 5.74. The Kier molecular flexibility index (Phi) is 4.35. The van der Waals surface area contributed by atoms with Gasteiger partial charge in [-0.05, 0) is 12.1 Å². The molecule has 1 unspecified atom stereocenters. The van der Waals surface area contributed by atoms with E-state index in [9.17, 15) is 21.6 Å². The molecule has 7 nitrogen and oxygen atoms in total. The van der Waals surface area contributed by atoms with Gasteiger partial charge in [0.15, 0.2) is 9.84 Å². The first-order chi connectivity index (χ1) is 9.72. The first kappa shape index (κ1) is 15.9. The highest BCUT2D eigenvalue weighted by molar-refractivity contribution is 7.92. The highest BCUT2D eigenvalue weighted by Crippen LogP contribution is 2.24. The standard InChI is InChI=1S/C12H15NO6S2/c14-12(15)8-10-9-20(16,17)7-6-13(10)21(18,19)11-4-2-1-3-5-11/h1-5,10H,6-9H2,(H,14,15). The first-order valence-corrected chi connectivity index (χ1v) is 9.48. The van der Waals surface area contributed by atoms with Crippen LogP contribution in [0.15, 0.2) is 35.2 Å². The predicted octanol–water partition coefficient (Wildman–Crippen LogP) is -0.0510. The van der Waals surface area contributed by atoms with E-state index in [1.807, 2.05) is 0 Å². The Balaban J connectivity index is 2.38. The second-order valence-electron chi connectivity index (χ2n) is 4.79. The summed E-state index contributed by atoms with van der Waals surface area (Å²) in [4.78, 5) is 10.9. The van der Waals surface area contributed by atoms with Crippen LogP contribution < -0.4 is 0 Å². The molecule has 1 aromatic carbocycles. The van der Waals surface area contributed by atoms with Crippen LogP contribution in [0, 0.1) is 0 Å². The van der Waals surface area contributed by atoms with Crippen molar-refractivity contribution < 1.29 is 26.7 Å². The number of sulfonamides is 1. The summed E-state index contributed by atoms with van der Waals surface area (Å²) in [5, 5.41) is 8.87. The molecule has 9 heteroatoms. The van der Waals surface area contributed by atoms with Gasteiger partial charge in [0.2, 0.25) is 10.0 Å². The van der Waals surface area contributed by atoms with Gasteiger partial charge in [0.1, 0.15) is 0 Å². The first-order valence-electron chi connectivity index (χ1n) is 6.21. The van der Waals surface area contributed by atoms with Gasteiger partial charge in [-0.25, -0.2) is 16.8 Å². The molecule has 21 heavy (non-hydrogen) atoms. The van der Waals surface area contributed by atoms with Crippen molar-refractivity contribution in [2.24, 2.45) is 0 Å². The van der Waals surface area contributed by atoms with Crippen molar-refractivity contribution in [2.75, 3.05) is 18.1 Å². The Bertz CT molecular complexity index is 726. The quantitative estimate of drug-likeness (QED) is 0.827. The van der Waals surface area contributed by atoms with Gasteiger partial charge in [-0.2, -0.15) is 4.31 Å². The van der Waals surface area contributed by atoms with E-state index in [-0.39, 0.29) is 17.2 Å². The Morgan fingerprint density at radius 1 is 1.29 bits per heavy atom. The van der Waals surface area contributed by atoms with Crippen molar-refractivity contribution in [3.63, 3.8) is 0 Å². The number of benzene rings is 1. The maximum Gasteiger partial charge on any atom is 0.305 e. The minimum atomic E-state index is -3.90. The van der Waals surface area contributed by atoms with Crippen LogP contribution in [0.4, 0.5) is 0 Å². The van der Waals surface area contributed by atoms with E-state index < -0.39 is 44.0 Å². The summed E-state index contributed by atoms with van der Waals surface area (Å²) in [6, 6.07) is 6.49. The van der Waals surface area contributed by atoms with Crippen molar-refractivity contribution in [2.45, 2.75) is 17.4 Å². The zero-order valence-electron chi connectivity index (χ0n) is 11.0. The van der Waals surface area contributed by atoms with Gasteiger partial charge in [0.25, 0.3) is 0 Å². The third kappa shape index (κ3) is 3.60. The lowest BCUT2D eigenvalue weighted by Gasteiger charge is -2.33. The second-order valence-corrected chi connectivity index (χ2v) is 8.91. The van der Waals surface area contributed by atoms with Crippen molar-refractivity contribution in [1.82, 2.24) is 4.31 Å². The fourth-order valence-corrected chi connectivity index (χ4v) is 5.66. The minimum absolute atomic E-state index is 0.0275.